The molecule has 0 aliphatic carbocycles. The zero-order valence-electron chi connectivity index (χ0n) is 6.10. The summed E-state index contributed by atoms with van der Waals surface area (Å²) in [5.74, 6) is 0. The smallest absolute Gasteiger partial charge is 0.0753 e. The van der Waals surface area contributed by atoms with Crippen molar-refractivity contribution >= 4 is 51.4 Å². The third kappa shape index (κ3) is 3.91. The quantitative estimate of drug-likeness (QED) is 0.406. The van der Waals surface area contributed by atoms with Gasteiger partial charge in [0.2, 0.25) is 0 Å². The van der Waals surface area contributed by atoms with Gasteiger partial charge in [0.1, 0.15) is 0 Å². The molecule has 0 amide bonds. The van der Waals surface area contributed by atoms with Crippen LogP contribution in [0.15, 0.2) is 12.7 Å². The van der Waals surface area contributed by atoms with Gasteiger partial charge < -0.3 is 4.74 Å². The molecule has 1 aliphatic heterocycles. The summed E-state index contributed by atoms with van der Waals surface area (Å²) in [5, 5.41) is 0. The SMILES string of the molecule is C=CC1CCCCO1.[K]. The van der Waals surface area contributed by atoms with E-state index in [1.54, 1.807) is 0 Å². The van der Waals surface area contributed by atoms with Crippen molar-refractivity contribution in [2.75, 3.05) is 6.61 Å². The molecule has 0 aromatic carbocycles. The molecule has 1 radical (unpaired) electrons. The van der Waals surface area contributed by atoms with Gasteiger partial charge in [-0.2, -0.15) is 0 Å². The molecule has 47 valence electrons. The van der Waals surface area contributed by atoms with Crippen LogP contribution in [-0.2, 0) is 4.74 Å². The van der Waals surface area contributed by atoms with Crippen LogP contribution in [0.3, 0.4) is 0 Å². The van der Waals surface area contributed by atoms with E-state index in [-0.39, 0.29) is 51.4 Å². The van der Waals surface area contributed by atoms with Gasteiger partial charge in [-0.3, -0.25) is 0 Å². The van der Waals surface area contributed by atoms with Crippen LogP contribution in [0, 0.1) is 0 Å². The summed E-state index contributed by atoms with van der Waals surface area (Å²) in [7, 11) is 0. The number of rotatable bonds is 1. The van der Waals surface area contributed by atoms with Crippen LogP contribution in [0.1, 0.15) is 19.3 Å². The van der Waals surface area contributed by atoms with Gasteiger partial charge in [-0.15, -0.1) is 6.58 Å². The van der Waals surface area contributed by atoms with Crippen molar-refractivity contribution in [3.63, 3.8) is 0 Å². The standard InChI is InChI=1S/C7H12O.K/c1-2-7-5-3-4-6-8-7;/h2,7H,1,3-6H2;. The second kappa shape index (κ2) is 6.07. The van der Waals surface area contributed by atoms with Gasteiger partial charge in [0.05, 0.1) is 6.10 Å². The van der Waals surface area contributed by atoms with E-state index in [1.165, 1.54) is 19.3 Å². The van der Waals surface area contributed by atoms with E-state index in [9.17, 15) is 0 Å². The first-order chi connectivity index (χ1) is 3.93. The zero-order chi connectivity index (χ0) is 5.82. The summed E-state index contributed by atoms with van der Waals surface area (Å²) in [4.78, 5) is 0. The topological polar surface area (TPSA) is 9.23 Å². The maximum absolute atomic E-state index is 5.31. The molecule has 0 bridgehead atoms. The summed E-state index contributed by atoms with van der Waals surface area (Å²) >= 11 is 0. The number of hydrogen-bond acceptors (Lipinski definition) is 1. The van der Waals surface area contributed by atoms with Gasteiger partial charge in [-0.1, -0.05) is 6.08 Å². The molecule has 1 unspecified atom stereocenters. The van der Waals surface area contributed by atoms with E-state index in [1.807, 2.05) is 6.08 Å². The largest absolute Gasteiger partial charge is 0.374 e. The molecule has 1 fully saturated rings. The molecule has 1 rings (SSSR count). The Morgan fingerprint density at radius 2 is 2.22 bits per heavy atom. The van der Waals surface area contributed by atoms with Crippen LogP contribution in [0.4, 0.5) is 0 Å². The Balaban J connectivity index is 0.000000640. The molecular weight excluding hydrogens is 139 g/mol. The van der Waals surface area contributed by atoms with Gasteiger partial charge in [0.15, 0.2) is 0 Å². The van der Waals surface area contributed by atoms with Crippen molar-refractivity contribution < 1.29 is 4.74 Å². The van der Waals surface area contributed by atoms with Gasteiger partial charge in [0.25, 0.3) is 0 Å². The maximum atomic E-state index is 5.31. The summed E-state index contributed by atoms with van der Waals surface area (Å²) in [6.07, 6.45) is 5.94. The third-order valence-corrected chi connectivity index (χ3v) is 1.48. The molecule has 9 heavy (non-hydrogen) atoms. The first-order valence-electron chi connectivity index (χ1n) is 3.17. The molecule has 0 saturated carbocycles. The fraction of sp³-hybridized carbons (Fsp3) is 0.714. The molecule has 1 atom stereocenters. The van der Waals surface area contributed by atoms with Crippen LogP contribution in [0.5, 0.6) is 0 Å². The normalized spacial score (nSPS) is 26.4. The van der Waals surface area contributed by atoms with E-state index in [0.29, 0.717) is 6.10 Å². The first kappa shape index (κ1) is 10.3. The van der Waals surface area contributed by atoms with E-state index >= 15 is 0 Å². The third-order valence-electron chi connectivity index (χ3n) is 1.48. The molecule has 0 aromatic rings. The molecule has 0 spiro atoms. The maximum Gasteiger partial charge on any atom is 0.0753 e. The molecule has 0 N–H and O–H groups in total. The van der Waals surface area contributed by atoms with Crippen LogP contribution in [-0.4, -0.2) is 64.1 Å². The van der Waals surface area contributed by atoms with Crippen LogP contribution < -0.4 is 0 Å². The average molecular weight is 151 g/mol. The van der Waals surface area contributed by atoms with Gasteiger partial charge >= 0.3 is 0 Å². The summed E-state index contributed by atoms with van der Waals surface area (Å²) in [6, 6.07) is 0. The van der Waals surface area contributed by atoms with Gasteiger partial charge in [-0.05, 0) is 19.3 Å². The molecule has 2 heteroatoms. The Labute approximate surface area is 99.3 Å². The fourth-order valence-electron chi connectivity index (χ4n) is 0.952. The average Bonchev–Trinajstić information content (AvgIpc) is 1.90. The summed E-state index contributed by atoms with van der Waals surface area (Å²) in [5.41, 5.74) is 0. The van der Waals surface area contributed by atoms with Crippen molar-refractivity contribution in [3.8, 4) is 0 Å². The molecule has 1 nitrogen and oxygen atoms in total. The predicted molar refractivity (Wildman–Crippen MR) is 39.5 cm³/mol. The van der Waals surface area contributed by atoms with E-state index in [2.05, 4.69) is 6.58 Å². The molecule has 1 heterocycles. The second-order valence-electron chi connectivity index (χ2n) is 2.14. The van der Waals surface area contributed by atoms with Crippen molar-refractivity contribution in [1.82, 2.24) is 0 Å². The van der Waals surface area contributed by atoms with Crippen molar-refractivity contribution in [2.24, 2.45) is 0 Å². The Hall–Kier alpha value is 1.34. The van der Waals surface area contributed by atoms with Crippen LogP contribution in [0.25, 0.3) is 0 Å². The van der Waals surface area contributed by atoms with Gasteiger partial charge in [-0.25, -0.2) is 0 Å². The fourth-order valence-corrected chi connectivity index (χ4v) is 0.952. The predicted octanol–water partition coefficient (Wildman–Crippen LogP) is 1.36. The van der Waals surface area contributed by atoms with Crippen molar-refractivity contribution in [2.45, 2.75) is 25.4 Å². The Kier molecular flexibility index (Phi) is 6.97. The van der Waals surface area contributed by atoms with E-state index in [0.717, 1.165) is 6.61 Å². The summed E-state index contributed by atoms with van der Waals surface area (Å²) in [6.45, 7) is 4.59. The minimum atomic E-state index is 0. The first-order valence-corrected chi connectivity index (χ1v) is 3.17. The molecular formula is C7H12KO. The van der Waals surface area contributed by atoms with Crippen LogP contribution >= 0.6 is 0 Å². The molecule has 1 aliphatic rings. The van der Waals surface area contributed by atoms with Gasteiger partial charge in [0, 0.05) is 58.0 Å². The second-order valence-corrected chi connectivity index (χ2v) is 2.14. The Morgan fingerprint density at radius 3 is 2.56 bits per heavy atom. The minimum Gasteiger partial charge on any atom is -0.374 e. The van der Waals surface area contributed by atoms with Crippen molar-refractivity contribution in [1.29, 1.82) is 0 Å². The molecule has 1 saturated heterocycles. The van der Waals surface area contributed by atoms with Crippen LogP contribution in [0.2, 0.25) is 0 Å². The Morgan fingerprint density at radius 1 is 1.44 bits per heavy atom. The van der Waals surface area contributed by atoms with Crippen molar-refractivity contribution in [3.05, 3.63) is 12.7 Å². The number of hydrogen-bond donors (Lipinski definition) is 0. The zero-order valence-corrected chi connectivity index (χ0v) is 9.22. The number of ether oxygens (including phenoxy) is 1. The molecule has 0 aromatic heterocycles. The van der Waals surface area contributed by atoms with E-state index < -0.39 is 0 Å². The minimum absolute atomic E-state index is 0. The van der Waals surface area contributed by atoms with E-state index in [4.69, 9.17) is 4.74 Å². The Bertz CT molecular complexity index is 77.0. The monoisotopic (exact) mass is 151 g/mol. The summed E-state index contributed by atoms with van der Waals surface area (Å²) < 4.78 is 5.31.